The molecule has 0 radical (unpaired) electrons. The summed E-state index contributed by atoms with van der Waals surface area (Å²) in [4.78, 5) is 24.5. The van der Waals surface area contributed by atoms with Gasteiger partial charge in [-0.15, -0.1) is 0 Å². The quantitative estimate of drug-likeness (QED) is 0.830. The van der Waals surface area contributed by atoms with Crippen molar-refractivity contribution in [2.24, 2.45) is 0 Å². The van der Waals surface area contributed by atoms with Gasteiger partial charge in [-0.05, 0) is 12.1 Å². The van der Waals surface area contributed by atoms with Crippen LogP contribution < -0.4 is 16.0 Å². The highest BCUT2D eigenvalue weighted by Gasteiger charge is 2.14. The van der Waals surface area contributed by atoms with Gasteiger partial charge in [-0.2, -0.15) is 4.39 Å². The van der Waals surface area contributed by atoms with Crippen LogP contribution in [0.25, 0.3) is 0 Å². The fourth-order valence-electron chi connectivity index (χ4n) is 1.89. The van der Waals surface area contributed by atoms with E-state index in [9.17, 15) is 19.1 Å². The Morgan fingerprint density at radius 1 is 1.36 bits per heavy atom. The number of phenolic OH excluding ortho intramolecular Hbond substituents is 1. The summed E-state index contributed by atoms with van der Waals surface area (Å²) in [5, 5.41) is 9.56. The molecule has 2 aromatic rings. The van der Waals surface area contributed by atoms with Gasteiger partial charge in [-0.3, -0.25) is 14.3 Å². The van der Waals surface area contributed by atoms with Crippen LogP contribution in [0.15, 0.2) is 40.1 Å². The zero-order valence-corrected chi connectivity index (χ0v) is 11.8. The van der Waals surface area contributed by atoms with Gasteiger partial charge in [0.2, 0.25) is 5.82 Å². The van der Waals surface area contributed by atoms with Crippen LogP contribution in [0.5, 0.6) is 11.5 Å². The topological polar surface area (TPSA) is 93.5 Å². The molecule has 1 heterocycles. The summed E-state index contributed by atoms with van der Waals surface area (Å²) in [5.41, 5.74) is -1.86. The van der Waals surface area contributed by atoms with E-state index in [1.807, 2.05) is 4.98 Å². The minimum atomic E-state index is -1.08. The Bertz CT molecular complexity index is 755. The first-order chi connectivity index (χ1) is 10.5. The number of aromatic nitrogens is 2. The van der Waals surface area contributed by atoms with Crippen molar-refractivity contribution >= 4 is 0 Å². The van der Waals surface area contributed by atoms with Crippen molar-refractivity contribution in [2.75, 3.05) is 13.7 Å². The van der Waals surface area contributed by atoms with Crippen LogP contribution in [0.2, 0.25) is 0 Å². The summed E-state index contributed by atoms with van der Waals surface area (Å²) in [5.74, 6) is -0.802. The standard InChI is InChI=1S/C14H15FN2O5/c1-21-12(17-8-9(15)13(19)16-14(17)20)6-7-22-11-5-3-2-4-10(11)18/h2-5,8,12,18H,6-7H2,1H3,(H,16,19,20). The van der Waals surface area contributed by atoms with Crippen molar-refractivity contribution < 1.29 is 19.0 Å². The normalized spacial score (nSPS) is 12.1. The molecule has 0 spiro atoms. The predicted molar refractivity (Wildman–Crippen MR) is 75.5 cm³/mol. The average molecular weight is 310 g/mol. The molecule has 0 aliphatic rings. The van der Waals surface area contributed by atoms with Crippen LogP contribution >= 0.6 is 0 Å². The molecule has 0 amide bonds. The molecule has 1 aromatic carbocycles. The highest BCUT2D eigenvalue weighted by molar-refractivity contribution is 5.37. The summed E-state index contributed by atoms with van der Waals surface area (Å²) in [7, 11) is 1.35. The molecular weight excluding hydrogens is 295 g/mol. The second-order valence-electron chi connectivity index (χ2n) is 4.44. The van der Waals surface area contributed by atoms with Crippen molar-refractivity contribution in [3.8, 4) is 11.5 Å². The van der Waals surface area contributed by atoms with E-state index in [0.717, 1.165) is 10.8 Å². The van der Waals surface area contributed by atoms with E-state index in [1.54, 1.807) is 18.2 Å². The van der Waals surface area contributed by atoms with Gasteiger partial charge in [0.25, 0.3) is 5.56 Å². The van der Waals surface area contributed by atoms with Crippen LogP contribution in [0.4, 0.5) is 4.39 Å². The number of aromatic amines is 1. The van der Waals surface area contributed by atoms with E-state index in [2.05, 4.69) is 0 Å². The smallest absolute Gasteiger partial charge is 0.330 e. The van der Waals surface area contributed by atoms with Crippen molar-refractivity contribution in [1.82, 2.24) is 9.55 Å². The SMILES string of the molecule is COC(CCOc1ccccc1O)n1cc(F)c(=O)[nH]c1=O. The maximum Gasteiger partial charge on any atom is 0.330 e. The molecule has 0 bridgehead atoms. The van der Waals surface area contributed by atoms with Crippen LogP contribution in [-0.2, 0) is 4.74 Å². The Labute approximate surface area is 124 Å². The number of hydrogen-bond acceptors (Lipinski definition) is 5. The maximum absolute atomic E-state index is 13.3. The summed E-state index contributed by atoms with van der Waals surface area (Å²) in [6.07, 6.45) is 0.177. The lowest BCUT2D eigenvalue weighted by molar-refractivity contribution is 0.0213. The molecule has 1 unspecified atom stereocenters. The molecule has 22 heavy (non-hydrogen) atoms. The number of H-pyrrole nitrogens is 1. The largest absolute Gasteiger partial charge is 0.504 e. The number of para-hydroxylation sites is 2. The number of nitrogens with zero attached hydrogens (tertiary/aromatic N) is 1. The van der Waals surface area contributed by atoms with Gasteiger partial charge >= 0.3 is 5.69 Å². The first-order valence-corrected chi connectivity index (χ1v) is 6.47. The van der Waals surface area contributed by atoms with Gasteiger partial charge in [-0.25, -0.2) is 4.79 Å². The molecule has 0 aliphatic carbocycles. The third-order valence-corrected chi connectivity index (χ3v) is 2.99. The van der Waals surface area contributed by atoms with Crippen molar-refractivity contribution in [3.05, 3.63) is 57.1 Å². The predicted octanol–water partition coefficient (Wildman–Crippen LogP) is 0.995. The molecule has 0 fully saturated rings. The molecule has 8 heteroatoms. The Morgan fingerprint density at radius 2 is 2.09 bits per heavy atom. The molecule has 2 N–H and O–H groups in total. The molecule has 0 saturated carbocycles. The first-order valence-electron chi connectivity index (χ1n) is 6.47. The minimum Gasteiger partial charge on any atom is -0.504 e. The number of methoxy groups -OCH3 is 1. The van der Waals surface area contributed by atoms with Gasteiger partial charge in [-0.1, -0.05) is 12.1 Å². The van der Waals surface area contributed by atoms with Gasteiger partial charge in [0, 0.05) is 13.5 Å². The lowest BCUT2D eigenvalue weighted by atomic mass is 10.3. The van der Waals surface area contributed by atoms with E-state index >= 15 is 0 Å². The number of halogens is 1. The molecule has 1 atom stereocenters. The van der Waals surface area contributed by atoms with Gasteiger partial charge in [0.1, 0.15) is 6.23 Å². The average Bonchev–Trinajstić information content (AvgIpc) is 2.50. The Balaban J connectivity index is 2.07. The first kappa shape index (κ1) is 15.8. The number of aromatic hydroxyl groups is 1. The minimum absolute atomic E-state index is 0.0104. The second-order valence-corrected chi connectivity index (χ2v) is 4.44. The molecule has 2 rings (SSSR count). The van der Waals surface area contributed by atoms with Crippen LogP contribution in [0, 0.1) is 5.82 Å². The highest BCUT2D eigenvalue weighted by Crippen LogP contribution is 2.24. The van der Waals surface area contributed by atoms with E-state index in [-0.39, 0.29) is 24.5 Å². The van der Waals surface area contributed by atoms with Crippen LogP contribution in [-0.4, -0.2) is 28.4 Å². The number of nitrogens with one attached hydrogen (secondary N) is 1. The van der Waals surface area contributed by atoms with E-state index < -0.39 is 23.3 Å². The van der Waals surface area contributed by atoms with Crippen molar-refractivity contribution in [2.45, 2.75) is 12.6 Å². The van der Waals surface area contributed by atoms with Gasteiger partial charge < -0.3 is 14.6 Å². The maximum atomic E-state index is 13.3. The molecule has 118 valence electrons. The van der Waals surface area contributed by atoms with E-state index in [1.165, 1.54) is 13.2 Å². The second kappa shape index (κ2) is 6.90. The van der Waals surface area contributed by atoms with Crippen molar-refractivity contribution in [1.29, 1.82) is 0 Å². The lowest BCUT2D eigenvalue weighted by Crippen LogP contribution is -2.34. The number of benzene rings is 1. The molecule has 1 aromatic heterocycles. The fourth-order valence-corrected chi connectivity index (χ4v) is 1.89. The highest BCUT2D eigenvalue weighted by atomic mass is 19.1. The van der Waals surface area contributed by atoms with Crippen LogP contribution in [0.3, 0.4) is 0 Å². The Kier molecular flexibility index (Phi) is 4.95. The number of phenols is 1. The van der Waals surface area contributed by atoms with Crippen LogP contribution in [0.1, 0.15) is 12.6 Å². The van der Waals surface area contributed by atoms with E-state index in [4.69, 9.17) is 9.47 Å². The molecule has 7 nitrogen and oxygen atoms in total. The lowest BCUT2D eigenvalue weighted by Gasteiger charge is -2.18. The van der Waals surface area contributed by atoms with Gasteiger partial charge in [0.15, 0.2) is 11.5 Å². The Morgan fingerprint density at radius 3 is 2.77 bits per heavy atom. The summed E-state index contributed by atoms with van der Waals surface area (Å²) in [6.45, 7) is 0.114. The monoisotopic (exact) mass is 310 g/mol. The summed E-state index contributed by atoms with van der Waals surface area (Å²) in [6, 6.07) is 6.42. The zero-order valence-electron chi connectivity index (χ0n) is 11.8. The van der Waals surface area contributed by atoms with Crippen molar-refractivity contribution in [3.63, 3.8) is 0 Å². The van der Waals surface area contributed by atoms with Gasteiger partial charge in [0.05, 0.1) is 12.8 Å². The third-order valence-electron chi connectivity index (χ3n) is 2.99. The Hall–Kier alpha value is -2.61. The summed E-state index contributed by atoms with van der Waals surface area (Å²) >= 11 is 0. The van der Waals surface area contributed by atoms with E-state index in [0.29, 0.717) is 0 Å². The number of hydrogen-bond donors (Lipinski definition) is 2. The zero-order chi connectivity index (χ0) is 16.1. The summed E-state index contributed by atoms with van der Waals surface area (Å²) < 4.78 is 24.7. The third kappa shape index (κ3) is 3.53. The molecule has 0 saturated heterocycles. The molecule has 0 aliphatic heterocycles. The number of ether oxygens (including phenoxy) is 2. The molecular formula is C14H15FN2O5. The number of rotatable bonds is 6. The fraction of sp³-hybridized carbons (Fsp3) is 0.286.